The summed E-state index contributed by atoms with van der Waals surface area (Å²) in [5.41, 5.74) is 5.27. The van der Waals surface area contributed by atoms with Crippen molar-refractivity contribution in [2.75, 3.05) is 31.6 Å². The third-order valence-electron chi connectivity index (χ3n) is 3.68. The highest BCUT2D eigenvalue weighted by atomic mass is 16.5. The van der Waals surface area contributed by atoms with E-state index in [1.165, 1.54) is 35.2 Å². The average Bonchev–Trinajstić information content (AvgIpc) is 2.84. The zero-order valence-corrected chi connectivity index (χ0v) is 12.4. The minimum atomic E-state index is 0.433. The molecule has 2 rings (SSSR count). The first-order valence-electron chi connectivity index (χ1n) is 7.31. The molecule has 1 heterocycles. The van der Waals surface area contributed by atoms with E-state index >= 15 is 0 Å². The minimum Gasteiger partial charge on any atom is -0.383 e. The molecule has 0 saturated carbocycles. The van der Waals surface area contributed by atoms with Gasteiger partial charge in [-0.15, -0.1) is 0 Å². The van der Waals surface area contributed by atoms with E-state index in [0.29, 0.717) is 6.10 Å². The first-order chi connectivity index (χ1) is 9.16. The monoisotopic (exact) mass is 262 g/mol. The van der Waals surface area contributed by atoms with E-state index in [-0.39, 0.29) is 0 Å². The van der Waals surface area contributed by atoms with E-state index in [4.69, 9.17) is 4.74 Å². The van der Waals surface area contributed by atoms with Gasteiger partial charge in [-0.05, 0) is 44.7 Å². The highest BCUT2D eigenvalue weighted by molar-refractivity contribution is 5.58. The van der Waals surface area contributed by atoms with Crippen molar-refractivity contribution >= 4 is 5.69 Å². The van der Waals surface area contributed by atoms with Gasteiger partial charge >= 0.3 is 0 Å². The van der Waals surface area contributed by atoms with Crippen molar-refractivity contribution in [3.05, 3.63) is 28.8 Å². The van der Waals surface area contributed by atoms with Crippen LogP contribution in [0.1, 0.15) is 29.5 Å². The lowest BCUT2D eigenvalue weighted by Gasteiger charge is -2.15. The Morgan fingerprint density at radius 1 is 1.16 bits per heavy atom. The van der Waals surface area contributed by atoms with Gasteiger partial charge in [0.15, 0.2) is 0 Å². The van der Waals surface area contributed by atoms with Crippen molar-refractivity contribution in [2.45, 2.75) is 39.7 Å². The number of ether oxygens (including phenoxy) is 1. The predicted molar refractivity (Wildman–Crippen MR) is 81.0 cm³/mol. The van der Waals surface area contributed by atoms with E-state index in [0.717, 1.165) is 26.2 Å². The van der Waals surface area contributed by atoms with E-state index in [2.05, 4.69) is 43.5 Å². The number of benzene rings is 1. The Balaban J connectivity index is 1.70. The number of anilines is 1. The van der Waals surface area contributed by atoms with Gasteiger partial charge in [-0.3, -0.25) is 0 Å². The highest BCUT2D eigenvalue weighted by Gasteiger charge is 2.14. The fourth-order valence-corrected chi connectivity index (χ4v) is 2.80. The van der Waals surface area contributed by atoms with E-state index in [1.54, 1.807) is 0 Å². The molecule has 1 fully saturated rings. The van der Waals surface area contributed by atoms with Crippen molar-refractivity contribution in [3.63, 3.8) is 0 Å². The zero-order chi connectivity index (χ0) is 13.7. The van der Waals surface area contributed by atoms with Crippen LogP contribution in [0.2, 0.25) is 0 Å². The van der Waals surface area contributed by atoms with Crippen LogP contribution in [0.3, 0.4) is 0 Å². The van der Waals surface area contributed by atoms with Gasteiger partial charge in [-0.2, -0.15) is 0 Å². The van der Waals surface area contributed by atoms with Gasteiger partial charge in [0.1, 0.15) is 0 Å². The Morgan fingerprint density at radius 3 is 2.53 bits per heavy atom. The molecular weight excluding hydrogens is 236 g/mol. The van der Waals surface area contributed by atoms with Crippen LogP contribution in [0, 0.1) is 20.8 Å². The molecule has 1 unspecified atom stereocenters. The van der Waals surface area contributed by atoms with E-state index in [1.807, 2.05) is 0 Å². The summed E-state index contributed by atoms with van der Waals surface area (Å²) in [7, 11) is 0. The average molecular weight is 262 g/mol. The molecule has 1 aliphatic rings. The minimum absolute atomic E-state index is 0.433. The molecule has 0 aromatic heterocycles. The Hall–Kier alpha value is -1.06. The first kappa shape index (κ1) is 14.4. The van der Waals surface area contributed by atoms with Gasteiger partial charge in [0, 0.05) is 31.9 Å². The van der Waals surface area contributed by atoms with Crippen molar-refractivity contribution in [2.24, 2.45) is 0 Å². The molecule has 0 bridgehead atoms. The summed E-state index contributed by atoms with van der Waals surface area (Å²) in [6.07, 6.45) is 2.85. The molecule has 2 N–H and O–H groups in total. The molecule has 1 aliphatic heterocycles. The quantitative estimate of drug-likeness (QED) is 0.773. The number of nitrogens with one attached hydrogen (secondary N) is 2. The summed E-state index contributed by atoms with van der Waals surface area (Å²) >= 11 is 0. The van der Waals surface area contributed by atoms with Crippen molar-refractivity contribution in [3.8, 4) is 0 Å². The molecule has 1 atom stereocenters. The lowest BCUT2D eigenvalue weighted by molar-refractivity contribution is 0.110. The van der Waals surface area contributed by atoms with Crippen LogP contribution < -0.4 is 10.6 Å². The van der Waals surface area contributed by atoms with Crippen LogP contribution in [0.5, 0.6) is 0 Å². The Labute approximate surface area is 116 Å². The molecule has 1 aromatic carbocycles. The SMILES string of the molecule is Cc1cc(C)c(NCCNCC2CCCO2)c(C)c1. The van der Waals surface area contributed by atoms with Crippen LogP contribution in [0.15, 0.2) is 12.1 Å². The standard InChI is InChI=1S/C16H26N2O/c1-12-9-13(2)16(14(3)10-12)18-7-6-17-11-15-5-4-8-19-15/h9-10,15,17-18H,4-8,11H2,1-3H3. The molecule has 0 amide bonds. The number of hydrogen-bond acceptors (Lipinski definition) is 3. The van der Waals surface area contributed by atoms with Crippen molar-refractivity contribution in [1.82, 2.24) is 5.32 Å². The lowest BCUT2D eigenvalue weighted by Crippen LogP contribution is -2.30. The summed E-state index contributed by atoms with van der Waals surface area (Å²) in [6, 6.07) is 4.46. The van der Waals surface area contributed by atoms with Gasteiger partial charge in [0.05, 0.1) is 6.10 Å². The van der Waals surface area contributed by atoms with Crippen LogP contribution in [0.25, 0.3) is 0 Å². The molecule has 19 heavy (non-hydrogen) atoms. The van der Waals surface area contributed by atoms with Gasteiger partial charge < -0.3 is 15.4 Å². The number of hydrogen-bond donors (Lipinski definition) is 2. The topological polar surface area (TPSA) is 33.3 Å². The van der Waals surface area contributed by atoms with Crippen LogP contribution in [-0.4, -0.2) is 32.3 Å². The largest absolute Gasteiger partial charge is 0.383 e. The molecule has 0 radical (unpaired) electrons. The van der Waals surface area contributed by atoms with Gasteiger partial charge in [-0.25, -0.2) is 0 Å². The third kappa shape index (κ3) is 4.22. The smallest absolute Gasteiger partial charge is 0.0700 e. The maximum Gasteiger partial charge on any atom is 0.0700 e. The summed E-state index contributed by atoms with van der Waals surface area (Å²) in [5.74, 6) is 0. The maximum absolute atomic E-state index is 5.59. The summed E-state index contributed by atoms with van der Waals surface area (Å²) < 4.78 is 5.59. The van der Waals surface area contributed by atoms with E-state index in [9.17, 15) is 0 Å². The highest BCUT2D eigenvalue weighted by Crippen LogP contribution is 2.21. The summed E-state index contributed by atoms with van der Waals surface area (Å²) in [6.45, 7) is 10.3. The van der Waals surface area contributed by atoms with Gasteiger partial charge in [-0.1, -0.05) is 17.7 Å². The molecule has 3 nitrogen and oxygen atoms in total. The second-order valence-corrected chi connectivity index (χ2v) is 5.54. The second-order valence-electron chi connectivity index (χ2n) is 5.54. The summed E-state index contributed by atoms with van der Waals surface area (Å²) in [5, 5.41) is 6.99. The van der Waals surface area contributed by atoms with E-state index < -0.39 is 0 Å². The number of rotatable bonds is 6. The third-order valence-corrected chi connectivity index (χ3v) is 3.68. The summed E-state index contributed by atoms with van der Waals surface area (Å²) in [4.78, 5) is 0. The van der Waals surface area contributed by atoms with Crippen LogP contribution in [0.4, 0.5) is 5.69 Å². The molecule has 3 heteroatoms. The molecular formula is C16H26N2O. The van der Waals surface area contributed by atoms with Gasteiger partial charge in [0.2, 0.25) is 0 Å². The first-order valence-corrected chi connectivity index (χ1v) is 7.31. The maximum atomic E-state index is 5.59. The molecule has 0 spiro atoms. The van der Waals surface area contributed by atoms with Gasteiger partial charge in [0.25, 0.3) is 0 Å². The fraction of sp³-hybridized carbons (Fsp3) is 0.625. The molecule has 0 aliphatic carbocycles. The Morgan fingerprint density at radius 2 is 1.89 bits per heavy atom. The Kier molecular flexibility index (Phi) is 5.23. The molecule has 1 saturated heterocycles. The molecule has 1 aromatic rings. The number of aryl methyl sites for hydroxylation is 3. The molecule has 106 valence electrons. The zero-order valence-electron chi connectivity index (χ0n) is 12.4. The van der Waals surface area contributed by atoms with Crippen molar-refractivity contribution in [1.29, 1.82) is 0 Å². The second kappa shape index (κ2) is 6.92. The Bertz CT molecular complexity index is 388. The lowest BCUT2D eigenvalue weighted by atomic mass is 10.1. The predicted octanol–water partition coefficient (Wildman–Crippen LogP) is 2.79. The van der Waals surface area contributed by atoms with Crippen LogP contribution >= 0.6 is 0 Å². The van der Waals surface area contributed by atoms with Crippen molar-refractivity contribution < 1.29 is 4.74 Å². The van der Waals surface area contributed by atoms with Crippen LogP contribution in [-0.2, 0) is 4.74 Å². The fourth-order valence-electron chi connectivity index (χ4n) is 2.80. The normalized spacial score (nSPS) is 18.8.